The normalized spacial score (nSPS) is 15.6. The molecular weight excluding hydrogens is 364 g/mol. The number of β-amino-alcohol motifs (C(OH)–C–C–N with tert-alkyl or cyclic N) is 1. The van der Waals surface area contributed by atoms with Gasteiger partial charge >= 0.3 is 0 Å². The number of carbonyl (C=O) groups excluding carboxylic acids is 1. The van der Waals surface area contributed by atoms with Crippen molar-refractivity contribution in [2.45, 2.75) is 12.5 Å². The molecule has 0 unspecified atom stereocenters. The summed E-state index contributed by atoms with van der Waals surface area (Å²) in [7, 11) is 1.63. The molecule has 1 aliphatic rings. The Morgan fingerprint density at radius 1 is 1.50 bits per heavy atom. The van der Waals surface area contributed by atoms with Crippen LogP contribution in [0.2, 0.25) is 0 Å². The van der Waals surface area contributed by atoms with Crippen molar-refractivity contribution >= 4 is 29.0 Å². The molecule has 0 bridgehead atoms. The van der Waals surface area contributed by atoms with Crippen LogP contribution in [0.3, 0.4) is 0 Å². The van der Waals surface area contributed by atoms with Crippen LogP contribution < -0.4 is 26.4 Å². The second kappa shape index (κ2) is 9.20. The van der Waals surface area contributed by atoms with Crippen LogP contribution in [-0.4, -0.2) is 60.5 Å². The van der Waals surface area contributed by atoms with Crippen molar-refractivity contribution in [3.05, 3.63) is 30.0 Å². The van der Waals surface area contributed by atoms with E-state index in [1.165, 1.54) is 6.20 Å². The standard InChI is InChI=1S/C18H24N6O4/c1-27-6-2-5-20-17-13(16(19)26)9-22-18(24-17)23-11-3-4-15-14(7-11)21-8-12(25)10-28-15/h3-4,7,9,12,21,25H,2,5-6,8,10H2,1H3,(H2,19,26)(H2,20,22,23,24)/t12-/m0/s1. The van der Waals surface area contributed by atoms with Crippen LogP contribution >= 0.6 is 0 Å². The van der Waals surface area contributed by atoms with Gasteiger partial charge < -0.3 is 36.3 Å². The van der Waals surface area contributed by atoms with E-state index in [2.05, 4.69) is 25.9 Å². The highest BCUT2D eigenvalue weighted by Gasteiger charge is 2.16. The van der Waals surface area contributed by atoms with Crippen molar-refractivity contribution < 1.29 is 19.4 Å². The van der Waals surface area contributed by atoms with Crippen molar-refractivity contribution in [1.82, 2.24) is 9.97 Å². The van der Waals surface area contributed by atoms with Crippen LogP contribution in [0, 0.1) is 0 Å². The summed E-state index contributed by atoms with van der Waals surface area (Å²) in [5.41, 5.74) is 7.10. The fourth-order valence-electron chi connectivity index (χ4n) is 2.65. The number of benzene rings is 1. The Hall–Kier alpha value is -3.11. The topological polar surface area (TPSA) is 144 Å². The van der Waals surface area contributed by atoms with Crippen molar-refractivity contribution in [1.29, 1.82) is 0 Å². The number of nitrogens with zero attached hydrogens (tertiary/aromatic N) is 2. The minimum Gasteiger partial charge on any atom is -0.489 e. The number of hydrogen-bond donors (Lipinski definition) is 5. The molecule has 2 aromatic rings. The number of rotatable bonds is 8. The van der Waals surface area contributed by atoms with E-state index in [4.69, 9.17) is 15.2 Å². The Morgan fingerprint density at radius 2 is 2.36 bits per heavy atom. The van der Waals surface area contributed by atoms with Gasteiger partial charge in [0.25, 0.3) is 5.91 Å². The smallest absolute Gasteiger partial charge is 0.254 e. The van der Waals surface area contributed by atoms with Crippen LogP contribution in [0.15, 0.2) is 24.4 Å². The number of fused-ring (bicyclic) bond motifs is 1. The maximum absolute atomic E-state index is 11.6. The highest BCUT2D eigenvalue weighted by Crippen LogP contribution is 2.30. The summed E-state index contributed by atoms with van der Waals surface area (Å²) in [6.07, 6.45) is 1.57. The van der Waals surface area contributed by atoms with Gasteiger partial charge in [0.2, 0.25) is 5.95 Å². The largest absolute Gasteiger partial charge is 0.489 e. The molecule has 10 nitrogen and oxygen atoms in total. The van der Waals surface area contributed by atoms with Crippen LogP contribution in [0.4, 0.5) is 23.1 Å². The Morgan fingerprint density at radius 3 is 3.14 bits per heavy atom. The van der Waals surface area contributed by atoms with E-state index in [0.29, 0.717) is 37.2 Å². The molecule has 3 rings (SSSR count). The number of aliphatic hydroxyl groups is 1. The molecule has 1 aliphatic heterocycles. The first-order chi connectivity index (χ1) is 13.6. The van der Waals surface area contributed by atoms with Gasteiger partial charge in [-0.05, 0) is 24.6 Å². The Bertz CT molecular complexity index is 832. The lowest BCUT2D eigenvalue weighted by Gasteiger charge is -2.13. The minimum absolute atomic E-state index is 0.217. The van der Waals surface area contributed by atoms with Gasteiger partial charge in [-0.25, -0.2) is 4.98 Å². The number of amides is 1. The van der Waals surface area contributed by atoms with Crippen molar-refractivity contribution in [3.63, 3.8) is 0 Å². The summed E-state index contributed by atoms with van der Waals surface area (Å²) >= 11 is 0. The number of nitrogens with one attached hydrogen (secondary N) is 3. The zero-order valence-corrected chi connectivity index (χ0v) is 15.6. The highest BCUT2D eigenvalue weighted by molar-refractivity contribution is 5.97. The molecule has 0 radical (unpaired) electrons. The number of primary amides is 1. The first-order valence-electron chi connectivity index (χ1n) is 8.92. The number of aliphatic hydroxyl groups excluding tert-OH is 1. The van der Waals surface area contributed by atoms with Gasteiger partial charge in [-0.15, -0.1) is 0 Å². The van der Waals surface area contributed by atoms with Crippen LogP contribution in [0.5, 0.6) is 5.75 Å². The summed E-state index contributed by atoms with van der Waals surface area (Å²) in [5, 5.41) is 19.0. The zero-order valence-electron chi connectivity index (χ0n) is 15.6. The molecule has 1 aromatic carbocycles. The number of carbonyl (C=O) groups is 1. The van der Waals surface area contributed by atoms with E-state index in [9.17, 15) is 9.90 Å². The molecule has 150 valence electrons. The number of hydrogen-bond acceptors (Lipinski definition) is 9. The maximum Gasteiger partial charge on any atom is 0.254 e. The zero-order chi connectivity index (χ0) is 19.9. The summed E-state index contributed by atoms with van der Waals surface area (Å²) < 4.78 is 10.6. The van der Waals surface area contributed by atoms with Gasteiger partial charge in [0.05, 0.1) is 11.3 Å². The lowest BCUT2D eigenvalue weighted by atomic mass is 10.2. The summed E-state index contributed by atoms with van der Waals surface area (Å²) in [5.74, 6) is 0.729. The minimum atomic E-state index is -0.606. The van der Waals surface area contributed by atoms with Crippen LogP contribution in [0.25, 0.3) is 0 Å². The average molecular weight is 388 g/mol. The fourth-order valence-corrected chi connectivity index (χ4v) is 2.65. The lowest BCUT2D eigenvalue weighted by molar-refractivity contribution is 0.100. The Labute approximate surface area is 162 Å². The summed E-state index contributed by atoms with van der Waals surface area (Å²) in [6, 6.07) is 5.45. The van der Waals surface area contributed by atoms with Gasteiger partial charge in [-0.2, -0.15) is 4.98 Å². The van der Waals surface area contributed by atoms with Gasteiger partial charge in [0.15, 0.2) is 0 Å². The first-order valence-corrected chi connectivity index (χ1v) is 8.92. The second-order valence-electron chi connectivity index (χ2n) is 6.27. The van der Waals surface area contributed by atoms with E-state index >= 15 is 0 Å². The van der Waals surface area contributed by atoms with E-state index in [-0.39, 0.29) is 12.2 Å². The monoisotopic (exact) mass is 388 g/mol. The van der Waals surface area contributed by atoms with Gasteiger partial charge in [0, 0.05) is 38.7 Å². The van der Waals surface area contributed by atoms with Crippen molar-refractivity contribution in [3.8, 4) is 5.75 Å². The van der Waals surface area contributed by atoms with Gasteiger partial charge in [-0.1, -0.05) is 0 Å². The summed E-state index contributed by atoms with van der Waals surface area (Å²) in [6.45, 7) is 1.80. The number of anilines is 4. The lowest BCUT2D eigenvalue weighted by Crippen LogP contribution is -2.23. The third-order valence-corrected chi connectivity index (χ3v) is 4.07. The molecule has 28 heavy (non-hydrogen) atoms. The number of aromatic nitrogens is 2. The van der Waals surface area contributed by atoms with E-state index in [0.717, 1.165) is 17.8 Å². The van der Waals surface area contributed by atoms with Gasteiger partial charge in [0.1, 0.15) is 24.3 Å². The van der Waals surface area contributed by atoms with Gasteiger partial charge in [-0.3, -0.25) is 4.79 Å². The van der Waals surface area contributed by atoms with E-state index in [1.54, 1.807) is 13.2 Å². The molecule has 0 spiro atoms. The van der Waals surface area contributed by atoms with E-state index < -0.39 is 12.0 Å². The Kier molecular flexibility index (Phi) is 6.45. The third kappa shape index (κ3) is 4.99. The quantitative estimate of drug-likeness (QED) is 0.417. The molecule has 0 fully saturated rings. The Balaban J connectivity index is 1.75. The molecule has 1 aromatic heterocycles. The molecule has 6 N–H and O–H groups in total. The molecule has 0 saturated carbocycles. The van der Waals surface area contributed by atoms with Crippen molar-refractivity contribution in [2.24, 2.45) is 5.73 Å². The highest BCUT2D eigenvalue weighted by atomic mass is 16.5. The molecule has 0 saturated heterocycles. The predicted octanol–water partition coefficient (Wildman–Crippen LogP) is 0.933. The first kappa shape index (κ1) is 19.6. The predicted molar refractivity (Wildman–Crippen MR) is 105 cm³/mol. The average Bonchev–Trinajstić information content (AvgIpc) is 2.87. The van der Waals surface area contributed by atoms with Crippen LogP contribution in [-0.2, 0) is 4.74 Å². The maximum atomic E-state index is 11.6. The van der Waals surface area contributed by atoms with Crippen LogP contribution in [0.1, 0.15) is 16.8 Å². The summed E-state index contributed by atoms with van der Waals surface area (Å²) in [4.78, 5) is 20.1. The molecule has 10 heteroatoms. The molecular formula is C18H24N6O4. The van der Waals surface area contributed by atoms with Crippen molar-refractivity contribution in [2.75, 3.05) is 49.4 Å². The SMILES string of the molecule is COCCCNc1nc(Nc2ccc3c(c2)NC[C@H](O)CO3)ncc1C(N)=O. The number of ether oxygens (including phenoxy) is 2. The fraction of sp³-hybridized carbons (Fsp3) is 0.389. The number of nitrogens with two attached hydrogens (primary N) is 1. The number of methoxy groups -OCH3 is 1. The molecule has 1 atom stereocenters. The third-order valence-electron chi connectivity index (χ3n) is 4.07. The second-order valence-corrected chi connectivity index (χ2v) is 6.27. The van der Waals surface area contributed by atoms with E-state index in [1.807, 2.05) is 12.1 Å². The molecule has 1 amide bonds. The molecule has 0 aliphatic carbocycles. The molecule has 2 heterocycles.